The number of amides is 2. The zero-order valence-corrected chi connectivity index (χ0v) is 14.2. The fourth-order valence-electron chi connectivity index (χ4n) is 2.27. The molecular formula is C16H24N2O4S. The molecule has 128 valence electrons. The highest BCUT2D eigenvalue weighted by atomic mass is 32.1. The molecule has 0 saturated carbocycles. The van der Waals surface area contributed by atoms with Gasteiger partial charge in [0, 0.05) is 19.8 Å². The Bertz CT molecular complexity index is 486. The smallest absolute Gasteiger partial charge is 0.261 e. The molecule has 0 radical (unpaired) electrons. The van der Waals surface area contributed by atoms with Gasteiger partial charge in [-0.05, 0) is 37.6 Å². The molecule has 2 amide bonds. The van der Waals surface area contributed by atoms with Crippen molar-refractivity contribution in [3.05, 3.63) is 22.4 Å². The van der Waals surface area contributed by atoms with Crippen molar-refractivity contribution >= 4 is 23.2 Å². The Morgan fingerprint density at radius 3 is 3.09 bits per heavy atom. The number of thiophene rings is 1. The predicted octanol–water partition coefficient (Wildman–Crippen LogP) is 1.57. The molecule has 2 atom stereocenters. The second-order valence-electron chi connectivity index (χ2n) is 5.53. The first-order valence-corrected chi connectivity index (χ1v) is 8.86. The van der Waals surface area contributed by atoms with Crippen LogP contribution in [0, 0.1) is 0 Å². The maximum absolute atomic E-state index is 11.9. The van der Waals surface area contributed by atoms with Gasteiger partial charge in [-0.2, -0.15) is 0 Å². The summed E-state index contributed by atoms with van der Waals surface area (Å²) in [7, 11) is 0. The topological polar surface area (TPSA) is 76.7 Å². The lowest BCUT2D eigenvalue weighted by Crippen LogP contribution is -2.45. The monoisotopic (exact) mass is 340 g/mol. The van der Waals surface area contributed by atoms with Crippen LogP contribution in [0.25, 0.3) is 0 Å². The van der Waals surface area contributed by atoms with Gasteiger partial charge in [0.05, 0.1) is 17.6 Å². The highest BCUT2D eigenvalue weighted by molar-refractivity contribution is 7.12. The molecule has 1 aromatic heterocycles. The molecule has 6 nitrogen and oxygen atoms in total. The van der Waals surface area contributed by atoms with E-state index in [9.17, 15) is 9.59 Å². The zero-order chi connectivity index (χ0) is 16.5. The Hall–Kier alpha value is -1.44. The van der Waals surface area contributed by atoms with Crippen molar-refractivity contribution in [3.8, 4) is 0 Å². The Morgan fingerprint density at radius 2 is 2.39 bits per heavy atom. The van der Waals surface area contributed by atoms with E-state index in [1.807, 2.05) is 5.38 Å². The number of ether oxygens (including phenoxy) is 2. The number of hydrogen-bond donors (Lipinski definition) is 2. The summed E-state index contributed by atoms with van der Waals surface area (Å²) < 4.78 is 11.0. The number of hydrogen-bond acceptors (Lipinski definition) is 5. The van der Waals surface area contributed by atoms with E-state index in [0.29, 0.717) is 24.6 Å². The molecule has 1 aliphatic rings. The Labute approximate surface area is 140 Å². The average Bonchev–Trinajstić information content (AvgIpc) is 3.23. The summed E-state index contributed by atoms with van der Waals surface area (Å²) in [5.41, 5.74) is 0. The van der Waals surface area contributed by atoms with E-state index in [4.69, 9.17) is 9.47 Å². The molecule has 2 heterocycles. The van der Waals surface area contributed by atoms with E-state index < -0.39 is 6.04 Å². The minimum absolute atomic E-state index is 0.186. The van der Waals surface area contributed by atoms with E-state index in [2.05, 4.69) is 10.6 Å². The first-order valence-electron chi connectivity index (χ1n) is 7.98. The van der Waals surface area contributed by atoms with Crippen LogP contribution in [0.5, 0.6) is 0 Å². The molecule has 23 heavy (non-hydrogen) atoms. The predicted molar refractivity (Wildman–Crippen MR) is 88.7 cm³/mol. The van der Waals surface area contributed by atoms with E-state index in [1.165, 1.54) is 11.3 Å². The fraction of sp³-hybridized carbons (Fsp3) is 0.625. The molecule has 2 unspecified atom stereocenters. The Balaban J connectivity index is 1.52. The lowest BCUT2D eigenvalue weighted by molar-refractivity contribution is -0.122. The summed E-state index contributed by atoms with van der Waals surface area (Å²) in [5, 5.41) is 7.31. The number of rotatable bonds is 9. The molecular weight excluding hydrogens is 316 g/mol. The van der Waals surface area contributed by atoms with Crippen LogP contribution in [0.3, 0.4) is 0 Å². The minimum atomic E-state index is -0.558. The lowest BCUT2D eigenvalue weighted by atomic mass is 10.2. The molecule has 0 bridgehead atoms. The van der Waals surface area contributed by atoms with Crippen LogP contribution in [-0.2, 0) is 14.3 Å². The zero-order valence-electron chi connectivity index (χ0n) is 13.4. The number of carbonyl (C=O) groups excluding carboxylic acids is 2. The van der Waals surface area contributed by atoms with E-state index >= 15 is 0 Å². The second kappa shape index (κ2) is 9.64. The first kappa shape index (κ1) is 17.9. The number of nitrogens with one attached hydrogen (secondary N) is 2. The minimum Gasteiger partial charge on any atom is -0.379 e. The molecule has 1 fully saturated rings. The van der Waals surface area contributed by atoms with Gasteiger partial charge in [0.25, 0.3) is 5.91 Å². The largest absolute Gasteiger partial charge is 0.379 e. The van der Waals surface area contributed by atoms with Crippen LogP contribution in [0.4, 0.5) is 0 Å². The van der Waals surface area contributed by atoms with Crippen molar-refractivity contribution in [2.75, 3.05) is 26.4 Å². The van der Waals surface area contributed by atoms with Gasteiger partial charge >= 0.3 is 0 Å². The average molecular weight is 340 g/mol. The van der Waals surface area contributed by atoms with Crippen molar-refractivity contribution in [3.63, 3.8) is 0 Å². The summed E-state index contributed by atoms with van der Waals surface area (Å²) in [4.78, 5) is 24.4. The summed E-state index contributed by atoms with van der Waals surface area (Å²) in [6, 6.07) is 2.98. The molecule has 7 heteroatoms. The molecule has 0 spiro atoms. The van der Waals surface area contributed by atoms with Crippen molar-refractivity contribution in [2.24, 2.45) is 0 Å². The third-order valence-electron chi connectivity index (χ3n) is 3.58. The highest BCUT2D eigenvalue weighted by Gasteiger charge is 2.17. The summed E-state index contributed by atoms with van der Waals surface area (Å²) in [5.74, 6) is -0.406. The third-order valence-corrected chi connectivity index (χ3v) is 4.45. The van der Waals surface area contributed by atoms with Gasteiger partial charge in [0.15, 0.2) is 0 Å². The summed E-state index contributed by atoms with van der Waals surface area (Å²) >= 11 is 1.35. The van der Waals surface area contributed by atoms with Crippen LogP contribution in [-0.4, -0.2) is 50.3 Å². The van der Waals surface area contributed by atoms with Gasteiger partial charge in [-0.25, -0.2) is 0 Å². The molecule has 2 N–H and O–H groups in total. The van der Waals surface area contributed by atoms with Crippen molar-refractivity contribution < 1.29 is 19.1 Å². The van der Waals surface area contributed by atoms with Gasteiger partial charge in [0.1, 0.15) is 6.04 Å². The number of carbonyl (C=O) groups is 2. The Morgan fingerprint density at radius 1 is 1.52 bits per heavy atom. The quantitative estimate of drug-likeness (QED) is 0.669. The molecule has 1 aliphatic heterocycles. The normalized spacial score (nSPS) is 18.6. The highest BCUT2D eigenvalue weighted by Crippen LogP contribution is 2.11. The third kappa shape index (κ3) is 6.29. The maximum atomic E-state index is 11.9. The molecule has 2 rings (SSSR count). The van der Waals surface area contributed by atoms with Crippen LogP contribution in [0.15, 0.2) is 17.5 Å². The molecule has 0 aliphatic carbocycles. The molecule has 1 saturated heterocycles. The van der Waals surface area contributed by atoms with Gasteiger partial charge in [0.2, 0.25) is 5.91 Å². The van der Waals surface area contributed by atoms with Crippen molar-refractivity contribution in [2.45, 2.75) is 38.3 Å². The van der Waals surface area contributed by atoms with Crippen LogP contribution in [0.2, 0.25) is 0 Å². The Kier molecular flexibility index (Phi) is 7.51. The lowest BCUT2D eigenvalue weighted by Gasteiger charge is -2.14. The van der Waals surface area contributed by atoms with E-state index in [-0.39, 0.29) is 17.9 Å². The second-order valence-corrected chi connectivity index (χ2v) is 6.47. The van der Waals surface area contributed by atoms with Crippen LogP contribution < -0.4 is 10.6 Å². The standard InChI is InChI=1S/C16H24N2O4S/c1-12(18-16(20)14-6-3-10-23-14)15(19)17-7-4-8-21-11-13-5-2-9-22-13/h3,6,10,12-13H,2,4-5,7-9,11H2,1H3,(H,17,19)(H,18,20). The molecule has 1 aromatic rings. The fourth-order valence-corrected chi connectivity index (χ4v) is 2.90. The van der Waals surface area contributed by atoms with Gasteiger partial charge in [-0.15, -0.1) is 11.3 Å². The van der Waals surface area contributed by atoms with E-state index in [0.717, 1.165) is 25.9 Å². The van der Waals surface area contributed by atoms with Crippen molar-refractivity contribution in [1.29, 1.82) is 0 Å². The van der Waals surface area contributed by atoms with Crippen LogP contribution in [0.1, 0.15) is 35.9 Å². The van der Waals surface area contributed by atoms with Gasteiger partial charge < -0.3 is 20.1 Å². The van der Waals surface area contributed by atoms with Crippen molar-refractivity contribution in [1.82, 2.24) is 10.6 Å². The maximum Gasteiger partial charge on any atom is 0.261 e. The van der Waals surface area contributed by atoms with Gasteiger partial charge in [-0.3, -0.25) is 9.59 Å². The summed E-state index contributed by atoms with van der Waals surface area (Å²) in [6.07, 6.45) is 3.15. The van der Waals surface area contributed by atoms with E-state index in [1.54, 1.807) is 19.1 Å². The van der Waals surface area contributed by atoms with Gasteiger partial charge in [-0.1, -0.05) is 6.07 Å². The first-order chi connectivity index (χ1) is 11.2. The molecule has 0 aromatic carbocycles. The SMILES string of the molecule is CC(NC(=O)c1cccs1)C(=O)NCCCOCC1CCCO1. The van der Waals surface area contributed by atoms with Crippen LogP contribution >= 0.6 is 11.3 Å². The summed E-state index contributed by atoms with van der Waals surface area (Å²) in [6.45, 7) is 4.26.